The van der Waals surface area contributed by atoms with Crippen LogP contribution >= 0.6 is 11.6 Å². The molecule has 0 atom stereocenters. The van der Waals surface area contributed by atoms with E-state index in [1.807, 2.05) is 60.7 Å². The first-order chi connectivity index (χ1) is 18.4. The van der Waals surface area contributed by atoms with Crippen LogP contribution in [0, 0.1) is 22.7 Å². The van der Waals surface area contributed by atoms with Gasteiger partial charge < -0.3 is 22.1 Å². The molecule has 186 valence electrons. The summed E-state index contributed by atoms with van der Waals surface area (Å²) in [4.78, 5) is 20.2. The number of hydrogen-bond acceptors (Lipinski definition) is 8. The van der Waals surface area contributed by atoms with Gasteiger partial charge in [-0.3, -0.25) is 4.57 Å². The van der Waals surface area contributed by atoms with Crippen LogP contribution in [0.5, 0.6) is 0 Å². The highest BCUT2D eigenvalue weighted by molar-refractivity contribution is 6.31. The van der Waals surface area contributed by atoms with Crippen LogP contribution in [0.4, 0.5) is 33.5 Å². The standard InChI is InChI=1S/C21H16N6O.C6H4ClN3/c22-12-15-13-24-20(23)11-18(15)25-17-6-7-19-14(10-17)8-9-27(19)21(28)26-16-4-2-1-3-5-16;7-5-1-6(9)10-3-4(5)2-8/h1-11,13H,(H,26,28)(H3,23,24,25);1,3H,(H2,9,10). The van der Waals surface area contributed by atoms with Crippen molar-refractivity contribution >= 4 is 57.2 Å². The summed E-state index contributed by atoms with van der Waals surface area (Å²) in [7, 11) is 0. The molecule has 10 nitrogen and oxygen atoms in total. The maximum Gasteiger partial charge on any atom is 0.330 e. The van der Waals surface area contributed by atoms with Gasteiger partial charge in [-0.25, -0.2) is 14.8 Å². The van der Waals surface area contributed by atoms with Gasteiger partial charge in [0.05, 0.1) is 27.4 Å². The number of nitrogens with two attached hydrogens (primary N) is 2. The third kappa shape index (κ3) is 5.97. The summed E-state index contributed by atoms with van der Waals surface area (Å²) in [5.41, 5.74) is 14.6. The van der Waals surface area contributed by atoms with Crippen LogP contribution in [-0.4, -0.2) is 20.6 Å². The molecule has 38 heavy (non-hydrogen) atoms. The largest absolute Gasteiger partial charge is 0.384 e. The number of nitrogens with zero attached hydrogens (tertiary/aromatic N) is 5. The second kappa shape index (κ2) is 11.4. The minimum atomic E-state index is -0.240. The smallest absolute Gasteiger partial charge is 0.330 e. The molecule has 0 saturated heterocycles. The molecule has 0 fully saturated rings. The number of aromatic nitrogens is 3. The van der Waals surface area contributed by atoms with E-state index in [0.717, 1.165) is 22.3 Å². The average Bonchev–Trinajstić information content (AvgIpc) is 3.33. The summed E-state index contributed by atoms with van der Waals surface area (Å²) in [6, 6.07) is 23.5. The minimum absolute atomic E-state index is 0.240. The van der Waals surface area contributed by atoms with E-state index in [2.05, 4.69) is 26.7 Å². The fraction of sp³-hybridized carbons (Fsp3) is 0. The van der Waals surface area contributed by atoms with Gasteiger partial charge in [0, 0.05) is 47.5 Å². The molecular formula is C27H20ClN9O. The quantitative estimate of drug-likeness (QED) is 0.241. The molecule has 0 saturated carbocycles. The number of para-hydroxylation sites is 1. The molecule has 5 aromatic rings. The highest BCUT2D eigenvalue weighted by Gasteiger charge is 2.11. The number of amides is 1. The van der Waals surface area contributed by atoms with Crippen LogP contribution in [0.25, 0.3) is 10.9 Å². The maximum absolute atomic E-state index is 12.6. The molecule has 0 aliphatic rings. The zero-order valence-corrected chi connectivity index (χ0v) is 20.5. The SMILES string of the molecule is N#Cc1cnc(N)cc1Cl.N#Cc1cnc(N)cc1Nc1ccc2c(ccn2C(=O)Nc2ccccc2)c1. The number of anilines is 5. The lowest BCUT2D eigenvalue weighted by Gasteiger charge is -2.10. The number of carbonyl (C=O) groups is 1. The zero-order valence-electron chi connectivity index (χ0n) is 19.8. The Morgan fingerprint density at radius 2 is 1.55 bits per heavy atom. The maximum atomic E-state index is 12.6. The second-order valence-corrected chi connectivity index (χ2v) is 8.26. The van der Waals surface area contributed by atoms with Gasteiger partial charge in [0.15, 0.2) is 0 Å². The van der Waals surface area contributed by atoms with Crippen LogP contribution < -0.4 is 22.1 Å². The minimum Gasteiger partial charge on any atom is -0.384 e. The van der Waals surface area contributed by atoms with Crippen molar-refractivity contribution in [3.05, 3.63) is 101 Å². The third-order valence-corrected chi connectivity index (χ3v) is 5.57. The predicted molar refractivity (Wildman–Crippen MR) is 148 cm³/mol. The van der Waals surface area contributed by atoms with Crippen molar-refractivity contribution in [1.82, 2.24) is 14.5 Å². The van der Waals surface area contributed by atoms with E-state index in [0.29, 0.717) is 33.5 Å². The molecule has 5 rings (SSSR count). The molecule has 0 unspecified atom stereocenters. The Morgan fingerprint density at radius 1 is 0.868 bits per heavy atom. The summed E-state index contributed by atoms with van der Waals surface area (Å²) in [5, 5.41) is 24.9. The number of rotatable bonds is 3. The average molecular weight is 522 g/mol. The summed E-state index contributed by atoms with van der Waals surface area (Å²) in [5.74, 6) is 0.648. The van der Waals surface area contributed by atoms with Gasteiger partial charge >= 0.3 is 6.03 Å². The summed E-state index contributed by atoms with van der Waals surface area (Å²) < 4.78 is 1.55. The molecular weight excluding hydrogens is 502 g/mol. The van der Waals surface area contributed by atoms with Crippen molar-refractivity contribution in [2.45, 2.75) is 0 Å². The molecule has 0 radical (unpaired) electrons. The van der Waals surface area contributed by atoms with Crippen molar-refractivity contribution in [2.24, 2.45) is 0 Å². The Morgan fingerprint density at radius 3 is 2.24 bits per heavy atom. The molecule has 3 aromatic heterocycles. The van der Waals surface area contributed by atoms with Crippen molar-refractivity contribution in [1.29, 1.82) is 10.5 Å². The van der Waals surface area contributed by atoms with Crippen molar-refractivity contribution in [3.63, 3.8) is 0 Å². The Kier molecular flexibility index (Phi) is 7.68. The van der Waals surface area contributed by atoms with Crippen molar-refractivity contribution < 1.29 is 4.79 Å². The number of nitrogen functional groups attached to an aromatic ring is 2. The molecule has 6 N–H and O–H groups in total. The summed E-state index contributed by atoms with van der Waals surface area (Å²) in [6.45, 7) is 0. The number of carbonyl (C=O) groups excluding carboxylic acids is 1. The molecule has 0 aliphatic heterocycles. The van der Waals surface area contributed by atoms with E-state index in [1.54, 1.807) is 16.8 Å². The van der Waals surface area contributed by atoms with Crippen LogP contribution in [0.1, 0.15) is 11.1 Å². The topological polar surface area (TPSA) is 171 Å². The van der Waals surface area contributed by atoms with Crippen LogP contribution in [0.15, 0.2) is 85.3 Å². The number of fused-ring (bicyclic) bond motifs is 1. The molecule has 1 amide bonds. The molecule has 11 heteroatoms. The molecule has 3 heterocycles. The molecule has 0 spiro atoms. The molecule has 2 aromatic carbocycles. The first kappa shape index (κ1) is 25.5. The van der Waals surface area contributed by atoms with Crippen LogP contribution in [0.3, 0.4) is 0 Å². The lowest BCUT2D eigenvalue weighted by Crippen LogP contribution is -2.18. The van der Waals surface area contributed by atoms with E-state index in [1.165, 1.54) is 18.5 Å². The monoisotopic (exact) mass is 521 g/mol. The molecule has 0 bridgehead atoms. The lowest BCUT2D eigenvalue weighted by molar-refractivity contribution is 0.254. The van der Waals surface area contributed by atoms with Gasteiger partial charge in [0.2, 0.25) is 0 Å². The lowest BCUT2D eigenvalue weighted by atomic mass is 10.2. The van der Waals surface area contributed by atoms with Crippen molar-refractivity contribution in [2.75, 3.05) is 22.1 Å². The molecule has 0 aliphatic carbocycles. The number of nitriles is 2. The number of nitrogens with one attached hydrogen (secondary N) is 2. The van der Waals surface area contributed by atoms with Gasteiger partial charge in [0.1, 0.15) is 23.8 Å². The highest BCUT2D eigenvalue weighted by Crippen LogP contribution is 2.26. The number of benzene rings is 2. The van der Waals surface area contributed by atoms with Gasteiger partial charge in [-0.15, -0.1) is 0 Å². The normalized spacial score (nSPS) is 9.97. The highest BCUT2D eigenvalue weighted by atomic mass is 35.5. The van der Waals surface area contributed by atoms with Gasteiger partial charge in [-0.05, 0) is 36.4 Å². The van der Waals surface area contributed by atoms with Crippen molar-refractivity contribution in [3.8, 4) is 12.1 Å². The predicted octanol–water partition coefficient (Wildman–Crippen LogP) is 5.50. The van der Waals surface area contributed by atoms with E-state index in [4.69, 9.17) is 28.3 Å². The number of pyridine rings is 2. The third-order valence-electron chi connectivity index (χ3n) is 5.25. The van der Waals surface area contributed by atoms with E-state index in [9.17, 15) is 10.1 Å². The van der Waals surface area contributed by atoms with Crippen LogP contribution in [-0.2, 0) is 0 Å². The Bertz CT molecular complexity index is 1700. The van der Waals surface area contributed by atoms with E-state index >= 15 is 0 Å². The zero-order chi connectivity index (χ0) is 27.1. The first-order valence-electron chi connectivity index (χ1n) is 11.1. The summed E-state index contributed by atoms with van der Waals surface area (Å²) >= 11 is 5.59. The Labute approximate surface area is 222 Å². The van der Waals surface area contributed by atoms with E-state index < -0.39 is 0 Å². The van der Waals surface area contributed by atoms with E-state index in [-0.39, 0.29) is 6.03 Å². The fourth-order valence-electron chi connectivity index (χ4n) is 3.45. The Balaban J connectivity index is 0.000000283. The van der Waals surface area contributed by atoms with Gasteiger partial charge in [0.25, 0.3) is 0 Å². The van der Waals surface area contributed by atoms with Gasteiger partial charge in [-0.1, -0.05) is 29.8 Å². The first-order valence-corrected chi connectivity index (χ1v) is 11.5. The number of halogens is 1. The summed E-state index contributed by atoms with van der Waals surface area (Å²) in [6.07, 6.45) is 4.50. The Hall–Kier alpha value is -5.58. The van der Waals surface area contributed by atoms with Crippen LogP contribution in [0.2, 0.25) is 5.02 Å². The van der Waals surface area contributed by atoms with Gasteiger partial charge in [-0.2, -0.15) is 10.5 Å². The number of hydrogen-bond donors (Lipinski definition) is 4. The fourth-order valence-corrected chi connectivity index (χ4v) is 3.65. The second-order valence-electron chi connectivity index (χ2n) is 7.85.